The largest absolute Gasteiger partial charge is 0.496 e. The number of rotatable bonds is 6. The number of nitrogens with zero attached hydrogens (tertiary/aromatic N) is 4. The molecule has 40 heavy (non-hydrogen) atoms. The Balaban J connectivity index is 1.50. The van der Waals surface area contributed by atoms with Crippen molar-refractivity contribution in [3.05, 3.63) is 46.2 Å². The lowest BCUT2D eigenvalue weighted by molar-refractivity contribution is -0.133. The number of likely N-dealkylation sites (tertiary alicyclic amines) is 1. The molecule has 10 heteroatoms. The van der Waals surface area contributed by atoms with Crippen LogP contribution in [0.2, 0.25) is 0 Å². The third-order valence-electron chi connectivity index (χ3n) is 7.43. The minimum absolute atomic E-state index is 0.0255. The maximum absolute atomic E-state index is 13.0. The van der Waals surface area contributed by atoms with E-state index in [1.807, 2.05) is 11.1 Å². The highest BCUT2D eigenvalue weighted by molar-refractivity contribution is 7.90. The number of carbonyl (C=O) groups excluding carboxylic acids is 1. The number of piperidine rings is 1. The summed E-state index contributed by atoms with van der Waals surface area (Å²) in [4.78, 5) is 25.0. The average Bonchev–Trinajstić information content (AvgIpc) is 3.49. The highest BCUT2D eigenvalue weighted by Crippen LogP contribution is 2.44. The van der Waals surface area contributed by atoms with Crippen molar-refractivity contribution in [3.8, 4) is 16.3 Å². The fourth-order valence-corrected chi connectivity index (χ4v) is 7.21. The second-order valence-electron chi connectivity index (χ2n) is 12.9. The number of imidazole rings is 1. The topological polar surface area (TPSA) is 94.4 Å². The second-order valence-corrected chi connectivity index (χ2v) is 15.9. The number of sulfone groups is 1. The van der Waals surface area contributed by atoms with Crippen molar-refractivity contribution in [3.63, 3.8) is 0 Å². The Morgan fingerprint density at radius 3 is 2.15 bits per heavy atom. The Labute approximate surface area is 242 Å². The van der Waals surface area contributed by atoms with Gasteiger partial charge in [-0.1, -0.05) is 41.5 Å². The molecule has 1 aromatic carbocycles. The number of ether oxygens (including phenoxy) is 1. The first-order valence-electron chi connectivity index (χ1n) is 13.7. The fraction of sp³-hybridized carbons (Fsp3) is 0.567. The number of hydrogen-bond donors (Lipinski definition) is 0. The van der Waals surface area contributed by atoms with Gasteiger partial charge in [0.15, 0.2) is 0 Å². The van der Waals surface area contributed by atoms with Gasteiger partial charge in [0.25, 0.3) is 0 Å². The fourth-order valence-electron chi connectivity index (χ4n) is 5.29. The van der Waals surface area contributed by atoms with Crippen molar-refractivity contribution < 1.29 is 17.9 Å². The molecule has 2 aromatic heterocycles. The summed E-state index contributed by atoms with van der Waals surface area (Å²) in [6, 6.07) is 4.45. The normalized spacial score (nSPS) is 15.5. The molecule has 8 nitrogen and oxygen atoms in total. The van der Waals surface area contributed by atoms with E-state index in [2.05, 4.69) is 58.7 Å². The molecule has 4 rings (SSSR count). The van der Waals surface area contributed by atoms with E-state index < -0.39 is 9.84 Å². The minimum atomic E-state index is -3.51. The maximum atomic E-state index is 13.0. The predicted molar refractivity (Wildman–Crippen MR) is 160 cm³/mol. The van der Waals surface area contributed by atoms with Crippen LogP contribution in [0.5, 0.6) is 5.75 Å². The summed E-state index contributed by atoms with van der Waals surface area (Å²) in [5.74, 6) is 1.19. The zero-order valence-electron chi connectivity index (χ0n) is 25.2. The minimum Gasteiger partial charge on any atom is -0.496 e. The average molecular weight is 587 g/mol. The van der Waals surface area contributed by atoms with Crippen molar-refractivity contribution in [1.82, 2.24) is 19.4 Å². The number of benzene rings is 1. The summed E-state index contributed by atoms with van der Waals surface area (Å²) >= 11 is 1.73. The van der Waals surface area contributed by atoms with Gasteiger partial charge in [-0.3, -0.25) is 4.79 Å². The van der Waals surface area contributed by atoms with E-state index in [9.17, 15) is 13.2 Å². The number of methoxy groups -OCH3 is 1. The highest BCUT2D eigenvalue weighted by Gasteiger charge is 2.30. The summed E-state index contributed by atoms with van der Waals surface area (Å²) in [5, 5.41) is 0.934. The van der Waals surface area contributed by atoms with E-state index in [4.69, 9.17) is 9.72 Å². The Morgan fingerprint density at radius 1 is 1.07 bits per heavy atom. The Bertz CT molecular complexity index is 1460. The number of carbonyl (C=O) groups is 1. The Hall–Kier alpha value is -2.72. The molecule has 1 saturated heterocycles. The van der Waals surface area contributed by atoms with Crippen molar-refractivity contribution >= 4 is 27.1 Å². The van der Waals surface area contributed by atoms with Crippen LogP contribution < -0.4 is 4.74 Å². The number of thiazole rings is 1. The molecular weight excluding hydrogens is 544 g/mol. The van der Waals surface area contributed by atoms with Gasteiger partial charge in [-0.15, -0.1) is 11.3 Å². The molecule has 1 amide bonds. The molecule has 0 spiro atoms. The monoisotopic (exact) mass is 586 g/mol. The molecule has 3 heterocycles. The molecule has 0 N–H and O–H groups in total. The van der Waals surface area contributed by atoms with Crippen LogP contribution >= 0.6 is 11.3 Å². The van der Waals surface area contributed by atoms with E-state index in [0.717, 1.165) is 35.4 Å². The summed E-state index contributed by atoms with van der Waals surface area (Å²) in [6.07, 6.45) is 6.42. The van der Waals surface area contributed by atoms with Gasteiger partial charge in [0.2, 0.25) is 20.9 Å². The highest BCUT2D eigenvalue weighted by atomic mass is 32.2. The van der Waals surface area contributed by atoms with Crippen LogP contribution in [0.1, 0.15) is 82.0 Å². The van der Waals surface area contributed by atoms with Crippen LogP contribution in [-0.2, 0) is 32.0 Å². The van der Waals surface area contributed by atoms with Crippen LogP contribution in [0.4, 0.5) is 0 Å². The SMILES string of the molecule is COc1c(C(C)(C)C)cc(-c2ncc(C3CCN(C(=O)Cn4cc(C)nc4S(C)(=O)=O)CC3)s2)cc1C(C)(C)C. The molecule has 1 aliphatic heterocycles. The predicted octanol–water partition coefficient (Wildman–Crippen LogP) is 5.73. The molecule has 0 bridgehead atoms. The number of amides is 1. The van der Waals surface area contributed by atoms with Crippen molar-refractivity contribution in [2.75, 3.05) is 26.5 Å². The van der Waals surface area contributed by atoms with Gasteiger partial charge in [0, 0.05) is 53.3 Å². The molecule has 0 atom stereocenters. The molecule has 1 fully saturated rings. The molecular formula is C30H42N4O4S2. The molecule has 0 saturated carbocycles. The van der Waals surface area contributed by atoms with Crippen LogP contribution in [0.25, 0.3) is 10.6 Å². The number of aryl methyl sites for hydroxylation is 1. The van der Waals surface area contributed by atoms with Crippen molar-refractivity contribution in [1.29, 1.82) is 0 Å². The summed E-state index contributed by atoms with van der Waals surface area (Å²) in [6.45, 7) is 16.2. The second kappa shape index (κ2) is 10.9. The van der Waals surface area contributed by atoms with E-state index in [1.54, 1.807) is 31.6 Å². The van der Waals surface area contributed by atoms with Gasteiger partial charge in [-0.05, 0) is 48.6 Å². The van der Waals surface area contributed by atoms with E-state index in [-0.39, 0.29) is 28.4 Å². The van der Waals surface area contributed by atoms with Gasteiger partial charge >= 0.3 is 0 Å². The van der Waals surface area contributed by atoms with Gasteiger partial charge in [0.1, 0.15) is 17.3 Å². The van der Waals surface area contributed by atoms with Crippen molar-refractivity contribution in [2.24, 2.45) is 0 Å². The van der Waals surface area contributed by atoms with Gasteiger partial charge in [-0.25, -0.2) is 18.4 Å². The Morgan fingerprint density at radius 2 is 1.65 bits per heavy atom. The first-order valence-corrected chi connectivity index (χ1v) is 16.4. The standard InChI is InChI=1S/C30H42N4O4S2/c1-19-17-34(28(32-19)40(9,36)37)18-25(35)33-12-10-20(11-13-33)24-16-31-27(39-24)21-14-22(29(2,3)4)26(38-8)23(15-21)30(5,6)7/h14-17,20H,10-13,18H2,1-9H3. The van der Waals surface area contributed by atoms with Crippen LogP contribution in [-0.4, -0.2) is 60.2 Å². The van der Waals surface area contributed by atoms with Crippen LogP contribution in [0.3, 0.4) is 0 Å². The Kier molecular flexibility index (Phi) is 8.26. The third kappa shape index (κ3) is 6.43. The molecule has 0 radical (unpaired) electrons. The number of aromatic nitrogens is 3. The summed E-state index contributed by atoms with van der Waals surface area (Å²) in [7, 11) is -1.76. The lowest BCUT2D eigenvalue weighted by Crippen LogP contribution is -2.39. The van der Waals surface area contributed by atoms with Crippen LogP contribution in [0, 0.1) is 6.92 Å². The first kappa shape index (κ1) is 30.2. The molecule has 218 valence electrons. The zero-order valence-corrected chi connectivity index (χ0v) is 26.8. The molecule has 0 aliphatic carbocycles. The van der Waals surface area contributed by atoms with E-state index in [0.29, 0.717) is 24.7 Å². The lowest BCUT2D eigenvalue weighted by Gasteiger charge is -2.31. The summed E-state index contributed by atoms with van der Waals surface area (Å²) < 4.78 is 31.5. The first-order chi connectivity index (χ1) is 18.5. The summed E-state index contributed by atoms with van der Waals surface area (Å²) in [5.41, 5.74) is 3.86. The van der Waals surface area contributed by atoms with Gasteiger partial charge < -0.3 is 14.2 Å². The van der Waals surface area contributed by atoms with Gasteiger partial charge in [-0.2, -0.15) is 0 Å². The van der Waals surface area contributed by atoms with E-state index >= 15 is 0 Å². The third-order valence-corrected chi connectivity index (χ3v) is 9.63. The van der Waals surface area contributed by atoms with Crippen LogP contribution in [0.15, 0.2) is 29.7 Å². The quantitative estimate of drug-likeness (QED) is 0.366. The lowest BCUT2D eigenvalue weighted by atomic mass is 9.78. The van der Waals surface area contributed by atoms with Crippen molar-refractivity contribution in [2.45, 2.75) is 89.8 Å². The molecule has 1 aliphatic rings. The molecule has 3 aromatic rings. The zero-order chi connectivity index (χ0) is 29.6. The van der Waals surface area contributed by atoms with E-state index in [1.165, 1.54) is 20.6 Å². The maximum Gasteiger partial charge on any atom is 0.242 e. The van der Waals surface area contributed by atoms with Gasteiger partial charge in [0.05, 0.1) is 12.8 Å². The smallest absolute Gasteiger partial charge is 0.242 e. The number of hydrogen-bond acceptors (Lipinski definition) is 7. The molecule has 0 unspecified atom stereocenters.